The molecule has 2 N–H and O–H groups in total. The Hall–Kier alpha value is -2.90. The van der Waals surface area contributed by atoms with E-state index >= 15 is 0 Å². The summed E-state index contributed by atoms with van der Waals surface area (Å²) in [4.78, 5) is 0. The second-order valence-corrected chi connectivity index (χ2v) is 4.65. The van der Waals surface area contributed by atoms with E-state index < -0.39 is 0 Å². The van der Waals surface area contributed by atoms with Crippen molar-refractivity contribution < 1.29 is 0 Å². The second kappa shape index (κ2) is 6.04. The Bertz CT molecular complexity index is 672. The first-order valence-electron chi connectivity index (χ1n) is 6.52. The van der Waals surface area contributed by atoms with E-state index in [1.165, 1.54) is 5.56 Å². The van der Waals surface area contributed by atoms with E-state index in [2.05, 4.69) is 60.0 Å². The molecular weight excluding hydrogens is 268 g/mol. The zero-order chi connectivity index (χ0) is 14.5. The van der Waals surface area contributed by atoms with Gasteiger partial charge in [-0.15, -0.1) is 20.4 Å². The van der Waals surface area contributed by atoms with Crippen LogP contribution in [0.1, 0.15) is 28.7 Å². The monoisotopic (exact) mass is 282 g/mol. The topological polar surface area (TPSA) is 109 Å². The molecule has 1 unspecified atom stereocenters. The summed E-state index contributed by atoms with van der Waals surface area (Å²) in [6.07, 6.45) is 3.19. The van der Waals surface area contributed by atoms with Crippen molar-refractivity contribution >= 4 is 6.08 Å². The van der Waals surface area contributed by atoms with E-state index in [0.717, 1.165) is 12.0 Å². The largest absolute Gasteiger partial charge is 0.178 e. The lowest BCUT2D eigenvalue weighted by Gasteiger charge is -2.11. The highest BCUT2D eigenvalue weighted by molar-refractivity contribution is 5.47. The molecule has 0 aliphatic rings. The van der Waals surface area contributed by atoms with Crippen molar-refractivity contribution in [2.24, 2.45) is 0 Å². The number of hydrogen-bond donors (Lipinski definition) is 2. The highest BCUT2D eigenvalue weighted by Crippen LogP contribution is 2.21. The molecule has 1 atom stereocenters. The molecule has 0 bridgehead atoms. The Kier molecular flexibility index (Phi) is 3.77. The number of aromatic nitrogens is 8. The predicted octanol–water partition coefficient (Wildman–Crippen LogP) is 0.925. The summed E-state index contributed by atoms with van der Waals surface area (Å²) < 4.78 is 0. The fraction of sp³-hybridized carbons (Fsp3) is 0.231. The molecule has 8 heteroatoms. The van der Waals surface area contributed by atoms with Crippen molar-refractivity contribution in [2.45, 2.75) is 18.8 Å². The molecule has 0 spiro atoms. The summed E-state index contributed by atoms with van der Waals surface area (Å²) >= 11 is 0. The van der Waals surface area contributed by atoms with Crippen LogP contribution in [-0.4, -0.2) is 41.2 Å². The van der Waals surface area contributed by atoms with E-state index in [-0.39, 0.29) is 5.92 Å². The second-order valence-electron chi connectivity index (χ2n) is 4.65. The summed E-state index contributed by atoms with van der Waals surface area (Å²) in [6.45, 7) is 3.75. The highest BCUT2D eigenvalue weighted by Gasteiger charge is 2.19. The number of nitrogens with zero attached hydrogens (tertiary/aromatic N) is 6. The van der Waals surface area contributed by atoms with Crippen molar-refractivity contribution in [1.29, 1.82) is 0 Å². The molecule has 8 nitrogen and oxygen atoms in total. The Labute approximate surface area is 120 Å². The van der Waals surface area contributed by atoms with Crippen LogP contribution in [0.5, 0.6) is 0 Å². The van der Waals surface area contributed by atoms with Crippen LogP contribution in [0, 0.1) is 0 Å². The zero-order valence-corrected chi connectivity index (χ0v) is 11.3. The highest BCUT2D eigenvalue weighted by atomic mass is 15.5. The van der Waals surface area contributed by atoms with Gasteiger partial charge in [-0.3, -0.25) is 0 Å². The van der Waals surface area contributed by atoms with Crippen LogP contribution in [0.25, 0.3) is 6.08 Å². The molecule has 0 radical (unpaired) electrons. The Morgan fingerprint density at radius 2 is 1.76 bits per heavy atom. The van der Waals surface area contributed by atoms with Gasteiger partial charge in [-0.2, -0.15) is 10.4 Å². The molecule has 3 rings (SSSR count). The normalized spacial score (nSPS) is 12.2. The number of aromatic amines is 2. The maximum atomic E-state index is 4.08. The third-order valence-corrected chi connectivity index (χ3v) is 3.24. The number of benzene rings is 1. The van der Waals surface area contributed by atoms with Crippen LogP contribution in [0.2, 0.25) is 0 Å². The van der Waals surface area contributed by atoms with Gasteiger partial charge in [-0.1, -0.05) is 47.3 Å². The number of rotatable bonds is 6. The van der Waals surface area contributed by atoms with Crippen LogP contribution < -0.4 is 0 Å². The van der Waals surface area contributed by atoms with E-state index in [1.807, 2.05) is 18.2 Å². The molecule has 1 aromatic carbocycles. The maximum absolute atomic E-state index is 4.08. The molecule has 3 aromatic rings. The molecule has 2 heterocycles. The minimum absolute atomic E-state index is 0.0379. The van der Waals surface area contributed by atoms with Gasteiger partial charge in [0, 0.05) is 12.3 Å². The first-order chi connectivity index (χ1) is 10.3. The van der Waals surface area contributed by atoms with Crippen LogP contribution in [0.15, 0.2) is 30.8 Å². The van der Waals surface area contributed by atoms with Gasteiger partial charge in [-0.05, 0) is 17.5 Å². The van der Waals surface area contributed by atoms with Crippen molar-refractivity contribution in [2.75, 3.05) is 0 Å². The molecule has 106 valence electrons. The van der Waals surface area contributed by atoms with Crippen molar-refractivity contribution in [3.8, 4) is 0 Å². The lowest BCUT2D eigenvalue weighted by Crippen LogP contribution is -2.10. The average molecular weight is 282 g/mol. The third kappa shape index (κ3) is 3.16. The van der Waals surface area contributed by atoms with Gasteiger partial charge in [0.15, 0.2) is 11.6 Å². The molecule has 2 aromatic heterocycles. The molecule has 0 aliphatic heterocycles. The smallest absolute Gasteiger partial charge is 0.177 e. The van der Waals surface area contributed by atoms with Crippen LogP contribution in [0.3, 0.4) is 0 Å². The molecule has 0 aliphatic carbocycles. The van der Waals surface area contributed by atoms with Gasteiger partial charge < -0.3 is 0 Å². The summed E-state index contributed by atoms with van der Waals surface area (Å²) in [7, 11) is 0. The summed E-state index contributed by atoms with van der Waals surface area (Å²) in [5.41, 5.74) is 2.27. The molecule has 21 heavy (non-hydrogen) atoms. The minimum atomic E-state index is 0.0379. The Morgan fingerprint density at radius 1 is 1.00 bits per heavy atom. The first-order valence-corrected chi connectivity index (χ1v) is 6.52. The fourth-order valence-corrected chi connectivity index (χ4v) is 2.16. The number of tetrazole rings is 2. The lowest BCUT2D eigenvalue weighted by atomic mass is 9.94. The summed E-state index contributed by atoms with van der Waals surface area (Å²) in [5, 5.41) is 28.3. The van der Waals surface area contributed by atoms with E-state index in [4.69, 9.17) is 0 Å². The minimum Gasteiger partial charge on any atom is -0.177 e. The lowest BCUT2D eigenvalue weighted by molar-refractivity contribution is 0.615. The number of H-pyrrole nitrogens is 2. The van der Waals surface area contributed by atoms with E-state index in [1.54, 1.807) is 0 Å². The first kappa shape index (κ1) is 13.1. The Morgan fingerprint density at radius 3 is 2.38 bits per heavy atom. The third-order valence-electron chi connectivity index (χ3n) is 3.24. The van der Waals surface area contributed by atoms with E-state index in [9.17, 15) is 0 Å². The van der Waals surface area contributed by atoms with Crippen LogP contribution >= 0.6 is 0 Å². The van der Waals surface area contributed by atoms with E-state index in [0.29, 0.717) is 18.1 Å². The predicted molar refractivity (Wildman–Crippen MR) is 75.0 cm³/mol. The molecule has 0 saturated carbocycles. The number of nitrogens with one attached hydrogen (secondary N) is 2. The van der Waals surface area contributed by atoms with Gasteiger partial charge in [0.1, 0.15) is 0 Å². The van der Waals surface area contributed by atoms with Crippen LogP contribution in [0.4, 0.5) is 0 Å². The standard InChI is InChI=1S/C13H14N8/c1-2-9-3-5-10(6-4-9)7-11(13-16-20-21-17-13)8-12-14-18-19-15-12/h2-6,11H,1,7-8H2,(H,14,15,18,19)(H,16,17,20,21). The fourth-order valence-electron chi connectivity index (χ4n) is 2.16. The van der Waals surface area contributed by atoms with Gasteiger partial charge in [0.2, 0.25) is 0 Å². The number of hydrogen-bond acceptors (Lipinski definition) is 6. The summed E-state index contributed by atoms with van der Waals surface area (Å²) in [6, 6.07) is 8.20. The van der Waals surface area contributed by atoms with Crippen molar-refractivity contribution in [1.82, 2.24) is 41.2 Å². The SMILES string of the molecule is C=Cc1ccc(CC(Cc2nn[nH]n2)c2nn[nH]n2)cc1. The van der Waals surface area contributed by atoms with Crippen molar-refractivity contribution in [3.63, 3.8) is 0 Å². The maximum Gasteiger partial charge on any atom is 0.178 e. The molecule has 0 fully saturated rings. The average Bonchev–Trinajstić information content (AvgIpc) is 3.21. The molecule has 0 amide bonds. The van der Waals surface area contributed by atoms with Gasteiger partial charge >= 0.3 is 0 Å². The summed E-state index contributed by atoms with van der Waals surface area (Å²) in [5.74, 6) is 1.32. The Balaban J connectivity index is 1.79. The zero-order valence-electron chi connectivity index (χ0n) is 11.3. The van der Waals surface area contributed by atoms with Gasteiger partial charge in [0.25, 0.3) is 0 Å². The van der Waals surface area contributed by atoms with Crippen molar-refractivity contribution in [3.05, 3.63) is 53.6 Å². The molecular formula is C13H14N8. The van der Waals surface area contributed by atoms with Gasteiger partial charge in [-0.25, -0.2) is 0 Å². The quantitative estimate of drug-likeness (QED) is 0.696. The van der Waals surface area contributed by atoms with Gasteiger partial charge in [0.05, 0.1) is 0 Å². The van der Waals surface area contributed by atoms with Crippen LogP contribution in [-0.2, 0) is 12.8 Å². The molecule has 0 saturated heterocycles.